The van der Waals surface area contributed by atoms with Crippen LogP contribution in [0.3, 0.4) is 0 Å². The smallest absolute Gasteiger partial charge is 0.410 e. The Labute approximate surface area is 343 Å². The Morgan fingerprint density at radius 1 is 0.983 bits per heavy atom. The number of ketones is 1. The fraction of sp³-hybridized carbons (Fsp3) is 0.667. The van der Waals surface area contributed by atoms with Gasteiger partial charge in [0.15, 0.2) is 9.84 Å². The normalized spacial score (nSPS) is 20.5. The summed E-state index contributed by atoms with van der Waals surface area (Å²) in [6.07, 6.45) is 4.35. The highest BCUT2D eigenvalue weighted by Gasteiger charge is 2.48. The van der Waals surface area contributed by atoms with Gasteiger partial charge in [0.2, 0.25) is 17.6 Å². The van der Waals surface area contributed by atoms with Crippen LogP contribution >= 0.6 is 0 Å². The van der Waals surface area contributed by atoms with Crippen LogP contribution in [0.25, 0.3) is 0 Å². The Bertz CT molecular complexity index is 1810. The van der Waals surface area contributed by atoms with E-state index in [2.05, 4.69) is 27.8 Å². The van der Waals surface area contributed by atoms with Crippen molar-refractivity contribution in [1.82, 2.24) is 31.1 Å². The van der Waals surface area contributed by atoms with Crippen molar-refractivity contribution in [2.24, 2.45) is 5.41 Å². The standard InChI is InChI=1S/C42H64N6O9S/c1-9-16-31(33(49)36(51)43-22-10-2)44-35(50)32-24-30(57-39(54)47-23-19-28-17-12-13-18-29(28)25-47)26-48(32)37(52)34(40(3,4)5)45-38(53)46-42(20-14-11-15-21-42)27-58(55,56)41(6,7)8/h10,12-13,17-18,30-32,34H,2,9,11,14-16,19-27H2,1,3-8H3,(H,43,51)(H,44,50)(H2,45,46,53)/t30-,31?,32?,34?/m1/s1. The number of hydrogen-bond acceptors (Lipinski definition) is 9. The fourth-order valence-electron chi connectivity index (χ4n) is 7.82. The molecule has 1 saturated carbocycles. The highest BCUT2D eigenvalue weighted by molar-refractivity contribution is 7.92. The molecule has 4 rings (SSSR count). The number of benzene rings is 1. The van der Waals surface area contributed by atoms with E-state index in [9.17, 15) is 37.2 Å². The number of sulfone groups is 1. The molecular weight excluding hydrogens is 765 g/mol. The summed E-state index contributed by atoms with van der Waals surface area (Å²) in [5.74, 6) is -3.33. The van der Waals surface area contributed by atoms with E-state index < -0.39 is 85.4 Å². The minimum absolute atomic E-state index is 0.0558. The molecule has 2 fully saturated rings. The van der Waals surface area contributed by atoms with Gasteiger partial charge in [-0.05, 0) is 63.0 Å². The molecule has 0 bridgehead atoms. The molecule has 0 spiro atoms. The molecule has 58 heavy (non-hydrogen) atoms. The second-order valence-corrected chi connectivity index (χ2v) is 20.8. The lowest BCUT2D eigenvalue weighted by Gasteiger charge is -2.41. The van der Waals surface area contributed by atoms with Gasteiger partial charge in [0.05, 0.1) is 28.6 Å². The van der Waals surface area contributed by atoms with E-state index in [4.69, 9.17) is 4.74 Å². The maximum atomic E-state index is 14.7. The zero-order valence-electron chi connectivity index (χ0n) is 35.3. The van der Waals surface area contributed by atoms with Crippen LogP contribution in [0, 0.1) is 5.41 Å². The quantitative estimate of drug-likeness (QED) is 0.159. The molecular formula is C42H64N6O9S. The first-order chi connectivity index (χ1) is 27.1. The first-order valence-electron chi connectivity index (χ1n) is 20.5. The van der Waals surface area contributed by atoms with Gasteiger partial charge in [-0.15, -0.1) is 6.58 Å². The molecule has 1 aromatic rings. The minimum Gasteiger partial charge on any atom is -0.444 e. The van der Waals surface area contributed by atoms with Gasteiger partial charge in [0.1, 0.15) is 18.2 Å². The molecule has 322 valence electrons. The van der Waals surface area contributed by atoms with E-state index in [0.29, 0.717) is 38.8 Å². The lowest BCUT2D eigenvalue weighted by atomic mass is 9.83. The zero-order chi connectivity index (χ0) is 43.1. The van der Waals surface area contributed by atoms with E-state index in [1.54, 1.807) is 53.4 Å². The summed E-state index contributed by atoms with van der Waals surface area (Å²) >= 11 is 0. The largest absolute Gasteiger partial charge is 0.444 e. The van der Waals surface area contributed by atoms with Crippen molar-refractivity contribution >= 4 is 45.5 Å². The van der Waals surface area contributed by atoms with Gasteiger partial charge < -0.3 is 35.8 Å². The highest BCUT2D eigenvalue weighted by atomic mass is 32.2. The number of rotatable bonds is 14. The van der Waals surface area contributed by atoms with Crippen molar-refractivity contribution in [3.05, 3.63) is 48.0 Å². The fourth-order valence-corrected chi connectivity index (χ4v) is 9.34. The molecule has 2 heterocycles. The lowest BCUT2D eigenvalue weighted by Crippen LogP contribution is -2.63. The summed E-state index contributed by atoms with van der Waals surface area (Å²) in [5, 5.41) is 10.9. The summed E-state index contributed by atoms with van der Waals surface area (Å²) in [4.78, 5) is 85.0. The Kier molecular flexibility index (Phi) is 15.2. The van der Waals surface area contributed by atoms with Crippen LogP contribution in [0.15, 0.2) is 36.9 Å². The van der Waals surface area contributed by atoms with Gasteiger partial charge in [-0.1, -0.05) is 83.7 Å². The van der Waals surface area contributed by atoms with Crippen molar-refractivity contribution in [2.45, 2.75) is 147 Å². The van der Waals surface area contributed by atoms with Crippen molar-refractivity contribution in [2.75, 3.05) is 25.4 Å². The third-order valence-corrected chi connectivity index (χ3v) is 14.1. The van der Waals surface area contributed by atoms with E-state index in [1.807, 2.05) is 24.3 Å². The Balaban J connectivity index is 1.60. The van der Waals surface area contributed by atoms with E-state index in [1.165, 1.54) is 11.0 Å². The molecule has 6 amide bonds. The maximum absolute atomic E-state index is 14.7. The number of likely N-dealkylation sites (tertiary alicyclic amines) is 1. The van der Waals surface area contributed by atoms with Crippen LogP contribution in [-0.2, 0) is 46.7 Å². The van der Waals surface area contributed by atoms with Gasteiger partial charge in [-0.2, -0.15) is 0 Å². The molecule has 0 radical (unpaired) electrons. The van der Waals surface area contributed by atoms with Crippen LogP contribution in [0.4, 0.5) is 9.59 Å². The average molecular weight is 829 g/mol. The number of amides is 6. The molecule has 3 aliphatic rings. The van der Waals surface area contributed by atoms with Crippen LogP contribution in [0.2, 0.25) is 0 Å². The summed E-state index contributed by atoms with van der Waals surface area (Å²) < 4.78 is 31.8. The van der Waals surface area contributed by atoms with E-state index in [0.717, 1.165) is 30.4 Å². The molecule has 3 unspecified atom stereocenters. The number of carbonyl (C=O) groups is 6. The number of hydrogen-bond donors (Lipinski definition) is 4. The molecule has 1 aromatic carbocycles. The number of urea groups is 1. The summed E-state index contributed by atoms with van der Waals surface area (Å²) in [7, 11) is -3.63. The van der Waals surface area contributed by atoms with Gasteiger partial charge in [0, 0.05) is 26.1 Å². The third kappa shape index (κ3) is 11.6. The summed E-state index contributed by atoms with van der Waals surface area (Å²) in [5.41, 5.74) is 0.193. The zero-order valence-corrected chi connectivity index (χ0v) is 36.1. The number of ether oxygens (including phenoxy) is 1. The molecule has 0 aromatic heterocycles. The number of nitrogens with one attached hydrogen (secondary N) is 4. The first kappa shape index (κ1) is 46.2. The van der Waals surface area contributed by atoms with Gasteiger partial charge in [0.25, 0.3) is 5.91 Å². The first-order valence-corrected chi connectivity index (χ1v) is 22.1. The number of carbonyl (C=O) groups excluding carboxylic acids is 6. The molecule has 4 atom stereocenters. The second-order valence-electron chi connectivity index (χ2n) is 18.0. The minimum atomic E-state index is -3.63. The summed E-state index contributed by atoms with van der Waals surface area (Å²) in [6.45, 7) is 16.1. The number of fused-ring (bicyclic) bond motifs is 1. The third-order valence-electron chi connectivity index (χ3n) is 11.3. The second kappa shape index (κ2) is 19.1. The van der Waals surface area contributed by atoms with Crippen LogP contribution in [0.1, 0.15) is 111 Å². The summed E-state index contributed by atoms with van der Waals surface area (Å²) in [6, 6.07) is 3.47. The van der Waals surface area contributed by atoms with Gasteiger partial charge in [-0.25, -0.2) is 18.0 Å². The molecule has 1 saturated heterocycles. The Hall–Kier alpha value is -4.47. The molecule has 16 heteroatoms. The predicted octanol–water partition coefficient (Wildman–Crippen LogP) is 3.94. The van der Waals surface area contributed by atoms with Crippen molar-refractivity contribution < 1.29 is 41.9 Å². The number of Topliss-reactive ketones (excluding diaryl/α,β-unsaturated/α-hetero) is 1. The SMILES string of the molecule is C=CCNC(=O)C(=O)C(CCC)NC(=O)C1C[C@@H](OC(=O)N2CCc3ccccc3C2)CN1C(=O)C(NC(=O)NC1(CS(=O)(=O)C(C)(C)C)CCCCC1)C(C)(C)C. The molecule has 4 N–H and O–H groups in total. The number of nitrogens with zero attached hydrogens (tertiary/aromatic N) is 2. The topological polar surface area (TPSA) is 200 Å². The predicted molar refractivity (Wildman–Crippen MR) is 220 cm³/mol. The van der Waals surface area contributed by atoms with Crippen molar-refractivity contribution in [3.8, 4) is 0 Å². The van der Waals surface area contributed by atoms with E-state index >= 15 is 0 Å². The highest BCUT2D eigenvalue weighted by Crippen LogP contribution is 2.33. The maximum Gasteiger partial charge on any atom is 0.410 e. The van der Waals surface area contributed by atoms with Gasteiger partial charge in [-0.3, -0.25) is 19.2 Å². The molecule has 15 nitrogen and oxygen atoms in total. The van der Waals surface area contributed by atoms with Crippen LogP contribution < -0.4 is 21.3 Å². The molecule has 2 aliphatic heterocycles. The van der Waals surface area contributed by atoms with E-state index in [-0.39, 0.29) is 31.7 Å². The van der Waals surface area contributed by atoms with Crippen LogP contribution in [-0.4, -0.2) is 114 Å². The van der Waals surface area contributed by atoms with Gasteiger partial charge >= 0.3 is 12.1 Å². The molecule has 1 aliphatic carbocycles. The monoisotopic (exact) mass is 828 g/mol. The van der Waals surface area contributed by atoms with Crippen molar-refractivity contribution in [3.63, 3.8) is 0 Å². The Morgan fingerprint density at radius 2 is 1.64 bits per heavy atom. The van der Waals surface area contributed by atoms with Crippen molar-refractivity contribution in [1.29, 1.82) is 0 Å². The Morgan fingerprint density at radius 3 is 2.24 bits per heavy atom. The lowest BCUT2D eigenvalue weighted by molar-refractivity contribution is -0.143. The van der Waals surface area contributed by atoms with Crippen LogP contribution in [0.5, 0.6) is 0 Å². The average Bonchev–Trinajstić information content (AvgIpc) is 3.58.